The van der Waals surface area contributed by atoms with Gasteiger partial charge in [0.2, 0.25) is 0 Å². The van der Waals surface area contributed by atoms with Gasteiger partial charge in [-0.15, -0.1) is 0 Å². The number of hydrogen-bond acceptors (Lipinski definition) is 3. The first-order valence-corrected chi connectivity index (χ1v) is 6.51. The molecule has 1 aliphatic rings. The van der Waals surface area contributed by atoms with E-state index in [2.05, 4.69) is 18.7 Å². The fraction of sp³-hybridized carbons (Fsp3) is 0.500. The Morgan fingerprint density at radius 3 is 2.42 bits per heavy atom. The number of hydrogen-bond donors (Lipinski definition) is 1. The third-order valence-corrected chi connectivity index (χ3v) is 3.57. The third kappa shape index (κ3) is 3.04. The number of benzene rings is 1. The molecule has 1 heterocycles. The SMILES string of the molecule is CC(C)N1CCN(c2ccc(F)cc2C(=O)O)CC1. The fourth-order valence-electron chi connectivity index (χ4n) is 2.43. The summed E-state index contributed by atoms with van der Waals surface area (Å²) in [5.41, 5.74) is 0.648. The van der Waals surface area contributed by atoms with Crippen LogP contribution in [0.4, 0.5) is 10.1 Å². The molecule has 1 fully saturated rings. The molecule has 0 unspecified atom stereocenters. The first kappa shape index (κ1) is 13.8. The van der Waals surface area contributed by atoms with Crippen molar-refractivity contribution < 1.29 is 14.3 Å². The van der Waals surface area contributed by atoms with E-state index in [0.717, 1.165) is 32.2 Å². The van der Waals surface area contributed by atoms with Crippen LogP contribution in [0.15, 0.2) is 18.2 Å². The smallest absolute Gasteiger partial charge is 0.337 e. The predicted molar refractivity (Wildman–Crippen MR) is 72.3 cm³/mol. The van der Waals surface area contributed by atoms with E-state index in [1.54, 1.807) is 6.07 Å². The molecule has 1 aromatic carbocycles. The molecule has 0 bridgehead atoms. The van der Waals surface area contributed by atoms with E-state index < -0.39 is 11.8 Å². The van der Waals surface area contributed by atoms with E-state index in [0.29, 0.717) is 11.7 Å². The minimum absolute atomic E-state index is 0.0398. The topological polar surface area (TPSA) is 43.8 Å². The Morgan fingerprint density at radius 2 is 1.89 bits per heavy atom. The zero-order valence-corrected chi connectivity index (χ0v) is 11.3. The molecule has 19 heavy (non-hydrogen) atoms. The van der Waals surface area contributed by atoms with Crippen molar-refractivity contribution in [2.24, 2.45) is 0 Å². The lowest BCUT2D eigenvalue weighted by Gasteiger charge is -2.38. The summed E-state index contributed by atoms with van der Waals surface area (Å²) in [6, 6.07) is 4.46. The van der Waals surface area contributed by atoms with Gasteiger partial charge in [-0.1, -0.05) is 0 Å². The first-order chi connectivity index (χ1) is 8.99. The highest BCUT2D eigenvalue weighted by Gasteiger charge is 2.22. The van der Waals surface area contributed by atoms with E-state index in [4.69, 9.17) is 5.11 Å². The second kappa shape index (κ2) is 5.57. The predicted octanol–water partition coefficient (Wildman–Crippen LogP) is 2.05. The summed E-state index contributed by atoms with van der Waals surface area (Å²) in [6.45, 7) is 7.63. The van der Waals surface area contributed by atoms with Crippen molar-refractivity contribution in [3.63, 3.8) is 0 Å². The maximum Gasteiger partial charge on any atom is 0.337 e. The van der Waals surface area contributed by atoms with Gasteiger partial charge in [0.25, 0.3) is 0 Å². The summed E-state index contributed by atoms with van der Waals surface area (Å²) in [6.07, 6.45) is 0. The summed E-state index contributed by atoms with van der Waals surface area (Å²) in [5.74, 6) is -1.59. The third-order valence-electron chi connectivity index (χ3n) is 3.57. The molecule has 1 N–H and O–H groups in total. The van der Waals surface area contributed by atoms with Crippen molar-refractivity contribution >= 4 is 11.7 Å². The summed E-state index contributed by atoms with van der Waals surface area (Å²) >= 11 is 0. The second-order valence-electron chi connectivity index (χ2n) is 5.08. The number of rotatable bonds is 3. The van der Waals surface area contributed by atoms with Gasteiger partial charge in [0.05, 0.1) is 11.3 Å². The van der Waals surface area contributed by atoms with Crippen molar-refractivity contribution in [2.75, 3.05) is 31.1 Å². The molecular weight excluding hydrogens is 247 g/mol. The lowest BCUT2D eigenvalue weighted by molar-refractivity contribution is 0.0696. The highest BCUT2D eigenvalue weighted by molar-refractivity contribution is 5.94. The number of carboxylic acid groups (broad SMARTS) is 1. The zero-order valence-electron chi connectivity index (χ0n) is 11.3. The normalized spacial score (nSPS) is 16.9. The number of aromatic carboxylic acids is 1. The minimum Gasteiger partial charge on any atom is -0.478 e. The van der Waals surface area contributed by atoms with Crippen LogP contribution in [-0.4, -0.2) is 48.2 Å². The number of anilines is 1. The quantitative estimate of drug-likeness (QED) is 0.909. The molecule has 104 valence electrons. The largest absolute Gasteiger partial charge is 0.478 e. The molecule has 2 rings (SSSR count). The van der Waals surface area contributed by atoms with Gasteiger partial charge in [0.1, 0.15) is 5.82 Å². The van der Waals surface area contributed by atoms with E-state index in [1.165, 1.54) is 6.07 Å². The van der Waals surface area contributed by atoms with Gasteiger partial charge in [-0.2, -0.15) is 0 Å². The van der Waals surface area contributed by atoms with Gasteiger partial charge >= 0.3 is 5.97 Å². The van der Waals surface area contributed by atoms with Crippen molar-refractivity contribution in [2.45, 2.75) is 19.9 Å². The Morgan fingerprint density at radius 1 is 1.26 bits per heavy atom. The summed E-state index contributed by atoms with van der Waals surface area (Å²) < 4.78 is 13.2. The molecule has 5 heteroatoms. The summed E-state index contributed by atoms with van der Waals surface area (Å²) in [7, 11) is 0. The molecule has 0 atom stereocenters. The molecular formula is C14H19FN2O2. The highest BCUT2D eigenvalue weighted by Crippen LogP contribution is 2.23. The maximum absolute atomic E-state index is 13.2. The van der Waals surface area contributed by atoms with Crippen LogP contribution < -0.4 is 4.90 Å². The molecule has 0 spiro atoms. The Balaban J connectivity index is 2.17. The van der Waals surface area contributed by atoms with Gasteiger partial charge in [0.15, 0.2) is 0 Å². The van der Waals surface area contributed by atoms with Crippen molar-refractivity contribution in [1.82, 2.24) is 4.90 Å². The lowest BCUT2D eigenvalue weighted by atomic mass is 10.1. The monoisotopic (exact) mass is 266 g/mol. The standard InChI is InChI=1S/C14H19FN2O2/c1-10(2)16-5-7-17(8-6-16)13-4-3-11(15)9-12(13)14(18)19/h3-4,9-10H,5-8H2,1-2H3,(H,18,19). The fourth-order valence-corrected chi connectivity index (χ4v) is 2.43. The molecule has 0 radical (unpaired) electrons. The molecule has 1 aliphatic heterocycles. The highest BCUT2D eigenvalue weighted by atomic mass is 19.1. The van der Waals surface area contributed by atoms with Gasteiger partial charge in [-0.3, -0.25) is 4.90 Å². The van der Waals surface area contributed by atoms with E-state index in [1.807, 2.05) is 4.90 Å². The average Bonchev–Trinajstić information content (AvgIpc) is 2.38. The molecule has 1 saturated heterocycles. The van der Waals surface area contributed by atoms with Crippen LogP contribution in [0.25, 0.3) is 0 Å². The molecule has 1 aromatic rings. The number of carbonyl (C=O) groups is 1. The lowest BCUT2D eigenvalue weighted by Crippen LogP contribution is -2.49. The Labute approximate surface area is 112 Å². The number of nitrogens with zero attached hydrogens (tertiary/aromatic N) is 2. The molecule has 4 nitrogen and oxygen atoms in total. The molecule has 0 aromatic heterocycles. The van der Waals surface area contributed by atoms with Gasteiger partial charge in [-0.25, -0.2) is 9.18 Å². The number of piperazine rings is 1. The average molecular weight is 266 g/mol. The Hall–Kier alpha value is -1.62. The van der Waals surface area contributed by atoms with Gasteiger partial charge in [0, 0.05) is 32.2 Å². The van der Waals surface area contributed by atoms with Gasteiger partial charge in [-0.05, 0) is 32.0 Å². The van der Waals surface area contributed by atoms with Crippen LogP contribution in [0.5, 0.6) is 0 Å². The number of carboxylic acids is 1. The summed E-state index contributed by atoms with van der Waals surface area (Å²) in [4.78, 5) is 15.5. The van der Waals surface area contributed by atoms with Crippen molar-refractivity contribution in [3.8, 4) is 0 Å². The van der Waals surface area contributed by atoms with Crippen LogP contribution in [0, 0.1) is 5.82 Å². The minimum atomic E-state index is -1.08. The first-order valence-electron chi connectivity index (χ1n) is 6.51. The summed E-state index contributed by atoms with van der Waals surface area (Å²) in [5, 5.41) is 9.16. The second-order valence-corrected chi connectivity index (χ2v) is 5.08. The van der Waals surface area contributed by atoms with Gasteiger partial charge < -0.3 is 10.0 Å². The maximum atomic E-state index is 13.2. The van der Waals surface area contributed by atoms with Crippen molar-refractivity contribution in [1.29, 1.82) is 0 Å². The Bertz CT molecular complexity index is 469. The van der Waals surface area contributed by atoms with Crippen LogP contribution in [-0.2, 0) is 0 Å². The molecule has 0 aliphatic carbocycles. The van der Waals surface area contributed by atoms with Crippen LogP contribution in [0.2, 0.25) is 0 Å². The van der Waals surface area contributed by atoms with Crippen LogP contribution in [0.1, 0.15) is 24.2 Å². The number of halogens is 1. The van der Waals surface area contributed by atoms with Crippen LogP contribution >= 0.6 is 0 Å². The Kier molecular flexibility index (Phi) is 4.04. The molecule has 0 amide bonds. The van der Waals surface area contributed by atoms with Crippen molar-refractivity contribution in [3.05, 3.63) is 29.6 Å². The van der Waals surface area contributed by atoms with E-state index in [9.17, 15) is 9.18 Å². The zero-order chi connectivity index (χ0) is 14.0. The molecule has 0 saturated carbocycles. The van der Waals surface area contributed by atoms with E-state index >= 15 is 0 Å². The van der Waals surface area contributed by atoms with E-state index in [-0.39, 0.29) is 5.56 Å². The van der Waals surface area contributed by atoms with Crippen LogP contribution in [0.3, 0.4) is 0 Å².